The molecular weight excluding hydrogens is 252 g/mol. The molecule has 2 aromatic rings. The predicted molar refractivity (Wildman–Crippen MR) is 93.3 cm³/mol. The van der Waals surface area contributed by atoms with Crippen LogP contribution in [0.1, 0.15) is 50.4 Å². The third-order valence-electron chi connectivity index (χ3n) is 4.33. The Labute approximate surface area is 129 Å². The summed E-state index contributed by atoms with van der Waals surface area (Å²) in [5, 5.41) is 0. The SMILES string of the molecule is C=CC(c1c(C)cc(C)cc1C)c1c(C)cc(C)cc1C. The first-order chi connectivity index (χ1) is 9.85. The first kappa shape index (κ1) is 15.6. The Hall–Kier alpha value is -1.82. The molecule has 0 N–H and O–H groups in total. The molecule has 0 aromatic heterocycles. The maximum atomic E-state index is 4.12. The Morgan fingerprint density at radius 3 is 1.19 bits per heavy atom. The van der Waals surface area contributed by atoms with Crippen LogP contribution < -0.4 is 0 Å². The fraction of sp³-hybridized carbons (Fsp3) is 0.333. The zero-order valence-electron chi connectivity index (χ0n) is 14.2. The third kappa shape index (κ3) is 2.95. The molecule has 0 fully saturated rings. The number of hydrogen-bond acceptors (Lipinski definition) is 0. The largest absolute Gasteiger partial charge is 0.102 e. The second kappa shape index (κ2) is 5.89. The Balaban J connectivity index is 2.69. The first-order valence-corrected chi connectivity index (χ1v) is 7.63. The first-order valence-electron chi connectivity index (χ1n) is 7.63. The van der Waals surface area contributed by atoms with E-state index in [1.807, 2.05) is 0 Å². The van der Waals surface area contributed by atoms with Gasteiger partial charge in [-0.15, -0.1) is 6.58 Å². The zero-order valence-corrected chi connectivity index (χ0v) is 14.2. The molecule has 0 unspecified atom stereocenters. The molecule has 0 amide bonds. The molecule has 0 atom stereocenters. The van der Waals surface area contributed by atoms with Gasteiger partial charge in [-0.3, -0.25) is 0 Å². The van der Waals surface area contributed by atoms with Gasteiger partial charge in [0.15, 0.2) is 0 Å². The van der Waals surface area contributed by atoms with Crippen LogP contribution in [0, 0.1) is 41.5 Å². The second-order valence-electron chi connectivity index (χ2n) is 6.34. The number of hydrogen-bond donors (Lipinski definition) is 0. The van der Waals surface area contributed by atoms with Gasteiger partial charge in [0.05, 0.1) is 0 Å². The molecule has 0 saturated carbocycles. The van der Waals surface area contributed by atoms with Crippen LogP contribution in [0.15, 0.2) is 36.9 Å². The van der Waals surface area contributed by atoms with Crippen molar-refractivity contribution in [3.8, 4) is 0 Å². The van der Waals surface area contributed by atoms with E-state index in [1.165, 1.54) is 44.5 Å². The molecule has 0 spiro atoms. The molecular formula is C21H26. The summed E-state index contributed by atoms with van der Waals surface area (Å²) in [7, 11) is 0. The molecule has 2 aromatic carbocycles. The van der Waals surface area contributed by atoms with Gasteiger partial charge in [-0.05, 0) is 74.9 Å². The smallest absolute Gasteiger partial charge is 0.0277 e. The summed E-state index contributed by atoms with van der Waals surface area (Å²) in [6.45, 7) is 17.3. The van der Waals surface area contributed by atoms with Gasteiger partial charge in [-0.25, -0.2) is 0 Å². The van der Waals surface area contributed by atoms with Crippen molar-refractivity contribution in [2.45, 2.75) is 47.5 Å². The molecule has 0 bridgehead atoms. The van der Waals surface area contributed by atoms with Gasteiger partial charge >= 0.3 is 0 Å². The molecule has 0 aliphatic rings. The quantitative estimate of drug-likeness (QED) is 0.617. The highest BCUT2D eigenvalue weighted by atomic mass is 14.2. The van der Waals surface area contributed by atoms with E-state index in [0.29, 0.717) is 0 Å². The van der Waals surface area contributed by atoms with E-state index in [9.17, 15) is 0 Å². The highest BCUT2D eigenvalue weighted by molar-refractivity contribution is 5.51. The summed E-state index contributed by atoms with van der Waals surface area (Å²) >= 11 is 0. The van der Waals surface area contributed by atoms with Crippen LogP contribution in [0.4, 0.5) is 0 Å². The number of aryl methyl sites for hydroxylation is 6. The van der Waals surface area contributed by atoms with Crippen molar-refractivity contribution in [3.63, 3.8) is 0 Å². The van der Waals surface area contributed by atoms with E-state index >= 15 is 0 Å². The number of allylic oxidation sites excluding steroid dienone is 1. The van der Waals surface area contributed by atoms with Gasteiger partial charge in [0, 0.05) is 5.92 Å². The maximum absolute atomic E-state index is 4.12. The van der Waals surface area contributed by atoms with Crippen LogP contribution in [0.3, 0.4) is 0 Å². The lowest BCUT2D eigenvalue weighted by atomic mass is 9.81. The highest BCUT2D eigenvalue weighted by Crippen LogP contribution is 2.35. The molecule has 0 radical (unpaired) electrons. The average molecular weight is 278 g/mol. The lowest BCUT2D eigenvalue weighted by molar-refractivity contribution is 0.957. The molecule has 21 heavy (non-hydrogen) atoms. The monoisotopic (exact) mass is 278 g/mol. The maximum Gasteiger partial charge on any atom is 0.0277 e. The molecule has 0 aliphatic heterocycles. The number of benzene rings is 2. The third-order valence-corrected chi connectivity index (χ3v) is 4.33. The van der Waals surface area contributed by atoms with Crippen LogP contribution in [0.2, 0.25) is 0 Å². The van der Waals surface area contributed by atoms with Crippen LogP contribution in [0.25, 0.3) is 0 Å². The average Bonchev–Trinajstić information content (AvgIpc) is 2.34. The summed E-state index contributed by atoms with van der Waals surface area (Å²) in [5.41, 5.74) is 10.9. The fourth-order valence-electron chi connectivity index (χ4n) is 3.74. The van der Waals surface area contributed by atoms with Crippen LogP contribution in [0.5, 0.6) is 0 Å². The highest BCUT2D eigenvalue weighted by Gasteiger charge is 2.19. The van der Waals surface area contributed by atoms with Crippen molar-refractivity contribution >= 4 is 0 Å². The van der Waals surface area contributed by atoms with Gasteiger partial charge in [0.1, 0.15) is 0 Å². The van der Waals surface area contributed by atoms with E-state index in [4.69, 9.17) is 0 Å². The van der Waals surface area contributed by atoms with Crippen LogP contribution in [-0.2, 0) is 0 Å². The van der Waals surface area contributed by atoms with E-state index < -0.39 is 0 Å². The van der Waals surface area contributed by atoms with E-state index in [1.54, 1.807) is 0 Å². The molecule has 0 saturated heterocycles. The summed E-state index contributed by atoms with van der Waals surface area (Å²) in [6, 6.07) is 9.10. The van der Waals surface area contributed by atoms with E-state index in [0.717, 1.165) is 0 Å². The summed E-state index contributed by atoms with van der Waals surface area (Å²) in [6.07, 6.45) is 2.09. The molecule has 0 heteroatoms. The van der Waals surface area contributed by atoms with Gasteiger partial charge < -0.3 is 0 Å². The van der Waals surface area contributed by atoms with Gasteiger partial charge in [0.25, 0.3) is 0 Å². The molecule has 110 valence electrons. The summed E-state index contributed by atoms with van der Waals surface area (Å²) in [5.74, 6) is 0.270. The Morgan fingerprint density at radius 1 is 0.667 bits per heavy atom. The molecule has 0 aliphatic carbocycles. The standard InChI is InChI=1S/C21H26/c1-8-19(20-15(4)9-13(2)10-16(20)5)21-17(6)11-14(3)12-18(21)7/h8-12,19H,1H2,2-7H3. The second-order valence-corrected chi connectivity index (χ2v) is 6.34. The number of rotatable bonds is 3. The molecule has 0 nitrogen and oxygen atoms in total. The lowest BCUT2D eigenvalue weighted by Crippen LogP contribution is -2.07. The molecule has 2 rings (SSSR count). The minimum Gasteiger partial charge on any atom is -0.102 e. The zero-order chi connectivity index (χ0) is 15.7. The van der Waals surface area contributed by atoms with Crippen LogP contribution in [-0.4, -0.2) is 0 Å². The summed E-state index contributed by atoms with van der Waals surface area (Å²) in [4.78, 5) is 0. The minimum atomic E-state index is 0.270. The van der Waals surface area contributed by atoms with Crippen molar-refractivity contribution < 1.29 is 0 Å². The Morgan fingerprint density at radius 2 is 0.952 bits per heavy atom. The Bertz CT molecular complexity index is 586. The molecule has 0 heterocycles. The van der Waals surface area contributed by atoms with Gasteiger partial charge in [-0.2, -0.15) is 0 Å². The van der Waals surface area contributed by atoms with Gasteiger partial charge in [-0.1, -0.05) is 41.5 Å². The van der Waals surface area contributed by atoms with Gasteiger partial charge in [0.2, 0.25) is 0 Å². The van der Waals surface area contributed by atoms with Crippen molar-refractivity contribution in [1.82, 2.24) is 0 Å². The minimum absolute atomic E-state index is 0.270. The van der Waals surface area contributed by atoms with E-state index in [-0.39, 0.29) is 5.92 Å². The van der Waals surface area contributed by atoms with Crippen molar-refractivity contribution in [2.24, 2.45) is 0 Å². The van der Waals surface area contributed by atoms with Crippen molar-refractivity contribution in [2.75, 3.05) is 0 Å². The lowest BCUT2D eigenvalue weighted by Gasteiger charge is -2.23. The normalized spacial score (nSPS) is 11.0. The van der Waals surface area contributed by atoms with E-state index in [2.05, 4.69) is 78.5 Å². The summed E-state index contributed by atoms with van der Waals surface area (Å²) < 4.78 is 0. The predicted octanol–water partition coefficient (Wildman–Crippen LogP) is 5.86. The topological polar surface area (TPSA) is 0 Å². The fourth-order valence-corrected chi connectivity index (χ4v) is 3.74. The van der Waals surface area contributed by atoms with Crippen molar-refractivity contribution in [3.05, 3.63) is 81.4 Å². The van der Waals surface area contributed by atoms with Crippen molar-refractivity contribution in [1.29, 1.82) is 0 Å². The van der Waals surface area contributed by atoms with Crippen LogP contribution >= 0.6 is 0 Å². The Kier molecular flexibility index (Phi) is 4.37.